The number of carbonyl (C=O) groups excluding carboxylic acids is 1. The van der Waals surface area contributed by atoms with Crippen molar-refractivity contribution in [1.82, 2.24) is 14.6 Å². The quantitative estimate of drug-likeness (QED) is 0.564. The molecule has 2 aromatic carbocycles. The first-order chi connectivity index (χ1) is 12.7. The smallest absolute Gasteiger partial charge is 0.257 e. The van der Waals surface area contributed by atoms with Crippen molar-refractivity contribution in [2.75, 3.05) is 12.4 Å². The number of hydrogen-bond acceptors (Lipinski definition) is 7. The Balaban J connectivity index is 1.44. The number of hydrogen-bond donors (Lipinski definition) is 1. The predicted molar refractivity (Wildman–Crippen MR) is 103 cm³/mol. The number of fused-ring (bicyclic) bond motifs is 1. The molecule has 0 fully saturated rings. The molecule has 4 rings (SSSR count). The Morgan fingerprint density at radius 1 is 1.19 bits per heavy atom. The van der Waals surface area contributed by atoms with Gasteiger partial charge in [-0.1, -0.05) is 16.6 Å². The summed E-state index contributed by atoms with van der Waals surface area (Å²) in [5.74, 6) is 0.628. The van der Waals surface area contributed by atoms with Gasteiger partial charge in [-0.25, -0.2) is 4.98 Å². The number of carbonyl (C=O) groups is 1. The zero-order chi connectivity index (χ0) is 17.9. The van der Waals surface area contributed by atoms with E-state index in [1.54, 1.807) is 25.4 Å². The topological polar surface area (TPSA) is 77.0 Å². The molecule has 2 aromatic heterocycles. The van der Waals surface area contributed by atoms with Gasteiger partial charge in [-0.05, 0) is 47.4 Å². The molecule has 8 heteroatoms. The van der Waals surface area contributed by atoms with Crippen molar-refractivity contribution in [3.05, 3.63) is 64.7 Å². The molecule has 0 aliphatic rings. The third-order valence-corrected chi connectivity index (χ3v) is 5.44. The minimum Gasteiger partial charge on any atom is -0.497 e. The molecule has 26 heavy (non-hydrogen) atoms. The summed E-state index contributed by atoms with van der Waals surface area (Å²) in [6.45, 7) is 0. The van der Waals surface area contributed by atoms with E-state index >= 15 is 0 Å². The molecule has 6 nitrogen and oxygen atoms in total. The Bertz CT molecular complexity index is 1060. The molecular weight excluding hydrogens is 368 g/mol. The van der Waals surface area contributed by atoms with E-state index in [0.29, 0.717) is 10.7 Å². The normalized spacial score (nSPS) is 10.8. The summed E-state index contributed by atoms with van der Waals surface area (Å²) in [6, 6.07) is 13.3. The summed E-state index contributed by atoms with van der Waals surface area (Å²) < 4.78 is 10.0. The van der Waals surface area contributed by atoms with Crippen LogP contribution >= 0.6 is 22.9 Å². The van der Waals surface area contributed by atoms with Crippen molar-refractivity contribution in [1.29, 1.82) is 0 Å². The first-order valence-corrected chi connectivity index (χ1v) is 9.41. The lowest BCUT2D eigenvalue weighted by Crippen LogP contribution is -2.11. The van der Waals surface area contributed by atoms with Gasteiger partial charge < -0.3 is 4.74 Å². The molecule has 130 valence electrons. The highest BCUT2D eigenvalue weighted by atomic mass is 32.1. The number of methoxy groups -OCH3 is 1. The van der Waals surface area contributed by atoms with Gasteiger partial charge in [0.1, 0.15) is 11.3 Å². The number of nitrogens with zero attached hydrogens (tertiary/aromatic N) is 3. The van der Waals surface area contributed by atoms with Gasteiger partial charge in [-0.2, -0.15) is 0 Å². The Morgan fingerprint density at radius 3 is 2.85 bits per heavy atom. The van der Waals surface area contributed by atoms with Crippen LogP contribution in [0.3, 0.4) is 0 Å². The molecule has 0 saturated heterocycles. The third-order valence-electron chi connectivity index (χ3n) is 3.82. The van der Waals surface area contributed by atoms with Gasteiger partial charge in [-0.15, -0.1) is 16.4 Å². The number of benzene rings is 2. The summed E-state index contributed by atoms with van der Waals surface area (Å²) in [7, 11) is 1.65. The first-order valence-electron chi connectivity index (χ1n) is 7.82. The van der Waals surface area contributed by atoms with Crippen molar-refractivity contribution in [2.24, 2.45) is 0 Å². The van der Waals surface area contributed by atoms with Crippen LogP contribution < -0.4 is 10.1 Å². The van der Waals surface area contributed by atoms with E-state index in [9.17, 15) is 4.79 Å². The average Bonchev–Trinajstić information content (AvgIpc) is 3.31. The monoisotopic (exact) mass is 382 g/mol. The minimum absolute atomic E-state index is 0.203. The van der Waals surface area contributed by atoms with Gasteiger partial charge in [0.15, 0.2) is 5.13 Å². The lowest BCUT2D eigenvalue weighted by Gasteiger charge is -2.02. The van der Waals surface area contributed by atoms with E-state index < -0.39 is 0 Å². The van der Waals surface area contributed by atoms with E-state index in [0.717, 1.165) is 32.8 Å². The second kappa shape index (κ2) is 7.19. The van der Waals surface area contributed by atoms with Crippen LogP contribution in [-0.2, 0) is 6.42 Å². The van der Waals surface area contributed by atoms with Crippen LogP contribution in [0.25, 0.3) is 10.2 Å². The molecule has 0 spiro atoms. The Labute approximate surface area is 157 Å². The Hall–Kier alpha value is -2.84. The highest BCUT2D eigenvalue weighted by Crippen LogP contribution is 2.23. The van der Waals surface area contributed by atoms with E-state index in [1.165, 1.54) is 22.9 Å². The lowest BCUT2D eigenvalue weighted by atomic mass is 10.1. The summed E-state index contributed by atoms with van der Waals surface area (Å²) in [5.41, 5.74) is 2.42. The molecule has 1 N–H and O–H groups in total. The number of ether oxygens (including phenoxy) is 1. The number of aromatic nitrogens is 3. The van der Waals surface area contributed by atoms with Gasteiger partial charge >= 0.3 is 0 Å². The number of nitrogens with one attached hydrogen (secondary N) is 1. The number of amides is 1. The Morgan fingerprint density at radius 2 is 2.04 bits per heavy atom. The van der Waals surface area contributed by atoms with Crippen LogP contribution in [-0.4, -0.2) is 27.6 Å². The maximum atomic E-state index is 12.4. The van der Waals surface area contributed by atoms with E-state index in [1.807, 2.05) is 30.3 Å². The van der Waals surface area contributed by atoms with Gasteiger partial charge in [0, 0.05) is 23.1 Å². The van der Waals surface area contributed by atoms with E-state index in [4.69, 9.17) is 4.74 Å². The fourth-order valence-corrected chi connectivity index (χ4v) is 3.86. The van der Waals surface area contributed by atoms with Gasteiger partial charge in [-0.3, -0.25) is 10.1 Å². The molecule has 0 saturated carbocycles. The SMILES string of the molecule is COc1ccc(Cc2cnc(NC(=O)c3ccc4snnc4c3)s2)cc1. The molecule has 0 radical (unpaired) electrons. The highest BCUT2D eigenvalue weighted by Gasteiger charge is 2.11. The molecule has 0 aliphatic heterocycles. The standard InChI is InChI=1S/C18H14N4O2S2/c1-24-13-5-2-11(3-6-13)8-14-10-19-18(25-14)20-17(23)12-4-7-16-15(9-12)21-22-26-16/h2-7,9-10H,8H2,1H3,(H,19,20,23). The summed E-state index contributed by atoms with van der Waals surface area (Å²) in [6.07, 6.45) is 2.55. The van der Waals surface area contributed by atoms with Gasteiger partial charge in [0.05, 0.1) is 11.8 Å². The average molecular weight is 382 g/mol. The van der Waals surface area contributed by atoms with Crippen molar-refractivity contribution in [3.63, 3.8) is 0 Å². The van der Waals surface area contributed by atoms with Crippen LogP contribution in [0.2, 0.25) is 0 Å². The predicted octanol–water partition coefficient (Wildman–Crippen LogP) is 4.00. The fraction of sp³-hybridized carbons (Fsp3) is 0.111. The van der Waals surface area contributed by atoms with Crippen LogP contribution in [0.15, 0.2) is 48.7 Å². The molecule has 0 unspecified atom stereocenters. The van der Waals surface area contributed by atoms with E-state index in [2.05, 4.69) is 19.9 Å². The Kier molecular flexibility index (Phi) is 4.59. The molecule has 2 heterocycles. The minimum atomic E-state index is -0.203. The largest absolute Gasteiger partial charge is 0.497 e. The molecule has 0 atom stereocenters. The fourth-order valence-electron chi connectivity index (χ4n) is 2.48. The zero-order valence-electron chi connectivity index (χ0n) is 13.8. The van der Waals surface area contributed by atoms with Crippen molar-refractivity contribution < 1.29 is 9.53 Å². The number of anilines is 1. The summed E-state index contributed by atoms with van der Waals surface area (Å²) >= 11 is 2.77. The molecule has 4 aromatic rings. The number of thiazole rings is 1. The van der Waals surface area contributed by atoms with Crippen LogP contribution in [0.5, 0.6) is 5.75 Å². The molecule has 0 aliphatic carbocycles. The van der Waals surface area contributed by atoms with Crippen molar-refractivity contribution in [3.8, 4) is 5.75 Å². The second-order valence-corrected chi connectivity index (χ2v) is 7.47. The second-order valence-electron chi connectivity index (χ2n) is 5.57. The van der Waals surface area contributed by atoms with Gasteiger partial charge in [0.25, 0.3) is 5.91 Å². The van der Waals surface area contributed by atoms with Gasteiger partial charge in [0.2, 0.25) is 0 Å². The molecule has 1 amide bonds. The van der Waals surface area contributed by atoms with Crippen LogP contribution in [0.1, 0.15) is 20.8 Å². The van der Waals surface area contributed by atoms with E-state index in [-0.39, 0.29) is 5.91 Å². The van der Waals surface area contributed by atoms with Crippen molar-refractivity contribution >= 4 is 44.1 Å². The lowest BCUT2D eigenvalue weighted by molar-refractivity contribution is 0.102. The number of rotatable bonds is 5. The maximum Gasteiger partial charge on any atom is 0.257 e. The maximum absolute atomic E-state index is 12.4. The first kappa shape index (κ1) is 16.6. The molecular formula is C18H14N4O2S2. The molecule has 0 bridgehead atoms. The third kappa shape index (κ3) is 3.56. The van der Waals surface area contributed by atoms with Crippen LogP contribution in [0, 0.1) is 0 Å². The van der Waals surface area contributed by atoms with Crippen LogP contribution in [0.4, 0.5) is 5.13 Å². The summed E-state index contributed by atoms with van der Waals surface area (Å²) in [4.78, 5) is 17.8. The van der Waals surface area contributed by atoms with Crippen molar-refractivity contribution in [2.45, 2.75) is 6.42 Å². The zero-order valence-corrected chi connectivity index (χ0v) is 15.4. The highest BCUT2D eigenvalue weighted by molar-refractivity contribution is 7.15. The summed E-state index contributed by atoms with van der Waals surface area (Å²) in [5, 5.41) is 7.42.